The summed E-state index contributed by atoms with van der Waals surface area (Å²) in [6.45, 7) is 0.570. The number of carbonyl (C=O) groups is 1. The van der Waals surface area contributed by atoms with Crippen LogP contribution in [0.5, 0.6) is 5.75 Å². The van der Waals surface area contributed by atoms with Gasteiger partial charge in [0, 0.05) is 17.5 Å². The van der Waals surface area contributed by atoms with E-state index < -0.39 is 0 Å². The predicted molar refractivity (Wildman–Crippen MR) is 109 cm³/mol. The van der Waals surface area contributed by atoms with Crippen molar-refractivity contribution in [3.05, 3.63) is 101 Å². The largest absolute Gasteiger partial charge is 0.484 e. The molecule has 3 aromatic carbocycles. The molecule has 3 aromatic rings. The maximum absolute atomic E-state index is 12.1. The van der Waals surface area contributed by atoms with Crippen molar-refractivity contribution in [1.82, 2.24) is 5.32 Å². The molecular formula is C23H22ClNO2. The van der Waals surface area contributed by atoms with Crippen molar-refractivity contribution in [3.8, 4) is 5.75 Å². The lowest BCUT2D eigenvalue weighted by atomic mass is 9.88. The van der Waals surface area contributed by atoms with Crippen LogP contribution in [0, 0.1) is 0 Å². The molecule has 0 aromatic heterocycles. The van der Waals surface area contributed by atoms with Crippen molar-refractivity contribution < 1.29 is 9.53 Å². The maximum atomic E-state index is 12.1. The van der Waals surface area contributed by atoms with Crippen LogP contribution in [0.15, 0.2) is 84.9 Å². The van der Waals surface area contributed by atoms with Crippen molar-refractivity contribution in [2.45, 2.75) is 12.3 Å². The summed E-state index contributed by atoms with van der Waals surface area (Å²) < 4.78 is 5.48. The first-order valence-corrected chi connectivity index (χ1v) is 9.35. The lowest BCUT2D eigenvalue weighted by Crippen LogP contribution is -2.30. The molecule has 0 radical (unpaired) electrons. The lowest BCUT2D eigenvalue weighted by molar-refractivity contribution is -0.123. The Balaban J connectivity index is 1.53. The Morgan fingerprint density at radius 2 is 1.41 bits per heavy atom. The third-order valence-electron chi connectivity index (χ3n) is 4.34. The molecule has 4 heteroatoms. The van der Waals surface area contributed by atoms with Gasteiger partial charge >= 0.3 is 0 Å². The standard InChI is InChI=1S/C23H22ClNO2/c24-20-11-13-21(14-12-20)27-17-23(26)25-16-15-22(18-7-3-1-4-8-18)19-9-5-2-6-10-19/h1-14,22H,15-17H2,(H,25,26). The van der Waals surface area contributed by atoms with Gasteiger partial charge in [0.2, 0.25) is 0 Å². The minimum Gasteiger partial charge on any atom is -0.484 e. The summed E-state index contributed by atoms with van der Waals surface area (Å²) >= 11 is 5.84. The lowest BCUT2D eigenvalue weighted by Gasteiger charge is -2.18. The minimum absolute atomic E-state index is 0.0109. The van der Waals surface area contributed by atoms with Crippen LogP contribution in [0.2, 0.25) is 5.02 Å². The molecule has 1 amide bonds. The molecule has 0 fully saturated rings. The molecule has 138 valence electrons. The van der Waals surface area contributed by atoms with Gasteiger partial charge in [-0.3, -0.25) is 4.79 Å². The first-order chi connectivity index (χ1) is 13.2. The van der Waals surface area contributed by atoms with Crippen LogP contribution >= 0.6 is 11.6 Å². The van der Waals surface area contributed by atoms with Crippen molar-refractivity contribution in [3.63, 3.8) is 0 Å². The molecule has 0 atom stereocenters. The van der Waals surface area contributed by atoms with Crippen LogP contribution < -0.4 is 10.1 Å². The van der Waals surface area contributed by atoms with Gasteiger partial charge in [0.05, 0.1) is 0 Å². The first kappa shape index (κ1) is 19.0. The van der Waals surface area contributed by atoms with Crippen LogP contribution in [0.4, 0.5) is 0 Å². The number of rotatable bonds is 8. The molecule has 3 rings (SSSR count). The highest BCUT2D eigenvalue weighted by Gasteiger charge is 2.14. The van der Waals surface area contributed by atoms with Gasteiger partial charge in [-0.05, 0) is 41.8 Å². The summed E-state index contributed by atoms with van der Waals surface area (Å²) in [4.78, 5) is 12.1. The molecule has 0 unspecified atom stereocenters. The van der Waals surface area contributed by atoms with Gasteiger partial charge in [-0.25, -0.2) is 0 Å². The maximum Gasteiger partial charge on any atom is 0.257 e. The van der Waals surface area contributed by atoms with Crippen LogP contribution in [0.25, 0.3) is 0 Å². The van der Waals surface area contributed by atoms with Crippen LogP contribution in [0.1, 0.15) is 23.5 Å². The van der Waals surface area contributed by atoms with E-state index in [0.717, 1.165) is 6.42 Å². The van der Waals surface area contributed by atoms with Gasteiger partial charge in [0.15, 0.2) is 6.61 Å². The number of ether oxygens (including phenoxy) is 1. The highest BCUT2D eigenvalue weighted by Crippen LogP contribution is 2.27. The first-order valence-electron chi connectivity index (χ1n) is 8.97. The summed E-state index contributed by atoms with van der Waals surface area (Å²) in [5, 5.41) is 3.58. The van der Waals surface area contributed by atoms with E-state index in [4.69, 9.17) is 16.3 Å². The van der Waals surface area contributed by atoms with Crippen LogP contribution in [-0.2, 0) is 4.79 Å². The average molecular weight is 380 g/mol. The minimum atomic E-state index is -0.134. The molecule has 1 N–H and O–H groups in total. The monoisotopic (exact) mass is 379 g/mol. The SMILES string of the molecule is O=C(COc1ccc(Cl)cc1)NCCC(c1ccccc1)c1ccccc1. The summed E-state index contributed by atoms with van der Waals surface area (Å²) in [7, 11) is 0. The second-order valence-corrected chi connectivity index (χ2v) is 6.69. The normalized spacial score (nSPS) is 10.6. The average Bonchev–Trinajstić information content (AvgIpc) is 2.72. The van der Waals surface area contributed by atoms with E-state index in [1.807, 2.05) is 36.4 Å². The van der Waals surface area contributed by atoms with Crippen molar-refractivity contribution >= 4 is 17.5 Å². The van der Waals surface area contributed by atoms with Crippen molar-refractivity contribution in [2.24, 2.45) is 0 Å². The van der Waals surface area contributed by atoms with Gasteiger partial charge in [-0.15, -0.1) is 0 Å². The van der Waals surface area contributed by atoms with E-state index in [9.17, 15) is 4.79 Å². The number of nitrogens with one attached hydrogen (secondary N) is 1. The molecule has 0 aliphatic rings. The number of hydrogen-bond donors (Lipinski definition) is 1. The van der Waals surface area contributed by atoms with E-state index in [0.29, 0.717) is 17.3 Å². The fraction of sp³-hybridized carbons (Fsp3) is 0.174. The topological polar surface area (TPSA) is 38.3 Å². The Morgan fingerprint density at radius 3 is 1.96 bits per heavy atom. The fourth-order valence-electron chi connectivity index (χ4n) is 2.98. The highest BCUT2D eigenvalue weighted by molar-refractivity contribution is 6.30. The zero-order valence-electron chi connectivity index (χ0n) is 15.0. The number of hydrogen-bond acceptors (Lipinski definition) is 2. The van der Waals surface area contributed by atoms with Gasteiger partial charge in [-0.1, -0.05) is 72.3 Å². The second kappa shape index (κ2) is 9.79. The molecule has 0 aliphatic carbocycles. The Morgan fingerprint density at radius 1 is 0.852 bits per heavy atom. The third kappa shape index (κ3) is 5.87. The van der Waals surface area contributed by atoms with E-state index in [2.05, 4.69) is 29.6 Å². The van der Waals surface area contributed by atoms with Crippen LogP contribution in [-0.4, -0.2) is 19.1 Å². The third-order valence-corrected chi connectivity index (χ3v) is 4.59. The van der Waals surface area contributed by atoms with E-state index >= 15 is 0 Å². The molecule has 3 nitrogen and oxygen atoms in total. The number of amides is 1. The fourth-order valence-corrected chi connectivity index (χ4v) is 3.11. The Hall–Kier alpha value is -2.78. The van der Waals surface area contributed by atoms with E-state index in [1.165, 1.54) is 11.1 Å². The number of benzene rings is 3. The highest BCUT2D eigenvalue weighted by atomic mass is 35.5. The quantitative estimate of drug-likeness (QED) is 0.594. The van der Waals surface area contributed by atoms with E-state index in [1.54, 1.807) is 24.3 Å². The van der Waals surface area contributed by atoms with Gasteiger partial charge in [0.25, 0.3) is 5.91 Å². The summed E-state index contributed by atoms with van der Waals surface area (Å²) in [5.41, 5.74) is 2.49. The van der Waals surface area contributed by atoms with Gasteiger partial charge < -0.3 is 10.1 Å². The molecule has 0 bridgehead atoms. The molecule has 27 heavy (non-hydrogen) atoms. The van der Waals surface area contributed by atoms with E-state index in [-0.39, 0.29) is 18.4 Å². The van der Waals surface area contributed by atoms with Crippen LogP contribution in [0.3, 0.4) is 0 Å². The zero-order chi connectivity index (χ0) is 18.9. The summed E-state index contributed by atoms with van der Waals surface area (Å²) in [6, 6.07) is 27.7. The number of carbonyl (C=O) groups excluding carboxylic acids is 1. The second-order valence-electron chi connectivity index (χ2n) is 6.26. The molecule has 0 saturated heterocycles. The van der Waals surface area contributed by atoms with Crippen molar-refractivity contribution in [1.29, 1.82) is 0 Å². The molecule has 0 aliphatic heterocycles. The molecular weight excluding hydrogens is 358 g/mol. The smallest absolute Gasteiger partial charge is 0.257 e. The van der Waals surface area contributed by atoms with Gasteiger partial charge in [-0.2, -0.15) is 0 Å². The summed E-state index contributed by atoms with van der Waals surface area (Å²) in [5.74, 6) is 0.732. The number of halogens is 1. The summed E-state index contributed by atoms with van der Waals surface area (Å²) in [6.07, 6.45) is 0.820. The van der Waals surface area contributed by atoms with Crippen molar-refractivity contribution in [2.75, 3.05) is 13.2 Å². The predicted octanol–water partition coefficient (Wildman–Crippen LogP) is 5.06. The molecule has 0 heterocycles. The Bertz CT molecular complexity index is 796. The molecule has 0 saturated carbocycles. The Kier molecular flexibility index (Phi) is 6.89. The van der Waals surface area contributed by atoms with Gasteiger partial charge in [0.1, 0.15) is 5.75 Å². The zero-order valence-corrected chi connectivity index (χ0v) is 15.7. The molecule has 0 spiro atoms. The Labute approximate surface area is 164 Å².